The lowest BCUT2D eigenvalue weighted by Gasteiger charge is -2.17. The molecule has 20 heavy (non-hydrogen) atoms. The number of aryl methyl sites for hydroxylation is 1. The van der Waals surface area contributed by atoms with Gasteiger partial charge in [0.05, 0.1) is 6.04 Å². The van der Waals surface area contributed by atoms with Gasteiger partial charge in [0.1, 0.15) is 0 Å². The molecule has 1 aliphatic heterocycles. The van der Waals surface area contributed by atoms with Crippen LogP contribution in [0.25, 0.3) is 0 Å². The molecule has 2 aromatic rings. The molecule has 0 bridgehead atoms. The minimum Gasteiger partial charge on any atom is -0.306 e. The van der Waals surface area contributed by atoms with Crippen LogP contribution in [0.5, 0.6) is 0 Å². The van der Waals surface area contributed by atoms with Gasteiger partial charge >= 0.3 is 0 Å². The monoisotopic (exact) mass is 323 g/mol. The van der Waals surface area contributed by atoms with Crippen LogP contribution in [0.2, 0.25) is 5.02 Å². The second-order valence-corrected chi connectivity index (χ2v) is 7.65. The van der Waals surface area contributed by atoms with Crippen molar-refractivity contribution in [2.45, 2.75) is 25.1 Å². The molecule has 1 aromatic heterocycles. The normalized spacial score (nSPS) is 15.9. The van der Waals surface area contributed by atoms with Crippen molar-refractivity contribution in [3.05, 3.63) is 56.2 Å². The van der Waals surface area contributed by atoms with E-state index in [-0.39, 0.29) is 6.04 Å². The highest BCUT2D eigenvalue weighted by Crippen LogP contribution is 2.36. The summed E-state index contributed by atoms with van der Waals surface area (Å²) in [7, 11) is 0. The minimum atomic E-state index is 0.290. The van der Waals surface area contributed by atoms with Crippen molar-refractivity contribution in [3.8, 4) is 0 Å². The molecule has 0 amide bonds. The lowest BCUT2D eigenvalue weighted by molar-refractivity contribution is 0.639. The highest BCUT2D eigenvalue weighted by molar-refractivity contribution is 7.98. The molecule has 1 nitrogen and oxygen atoms in total. The van der Waals surface area contributed by atoms with Crippen molar-refractivity contribution in [2.24, 2.45) is 0 Å². The molecule has 0 spiro atoms. The van der Waals surface area contributed by atoms with Crippen LogP contribution >= 0.6 is 34.7 Å². The van der Waals surface area contributed by atoms with Crippen LogP contribution in [0.1, 0.15) is 33.8 Å². The summed E-state index contributed by atoms with van der Waals surface area (Å²) in [5.74, 6) is 2.44. The smallest absolute Gasteiger partial charge is 0.0671 e. The second kappa shape index (κ2) is 6.52. The van der Waals surface area contributed by atoms with Crippen molar-refractivity contribution in [2.75, 3.05) is 12.3 Å². The Morgan fingerprint density at radius 2 is 2.10 bits per heavy atom. The Hall–Kier alpha value is -0.480. The van der Waals surface area contributed by atoms with Gasteiger partial charge in [-0.3, -0.25) is 0 Å². The van der Waals surface area contributed by atoms with E-state index in [9.17, 15) is 0 Å². The summed E-state index contributed by atoms with van der Waals surface area (Å²) >= 11 is 10.0. The molecule has 1 aromatic carbocycles. The van der Waals surface area contributed by atoms with E-state index in [1.54, 1.807) is 4.88 Å². The standard InChI is InChI=1S/C16H18ClNS2/c1-2-18-16(11-3-5-13(17)6-4-11)15-9-12-10-19-8-7-14(12)20-15/h3-6,9,16,18H,2,7-8,10H2,1H3. The van der Waals surface area contributed by atoms with Gasteiger partial charge in [-0.05, 0) is 48.0 Å². The third-order valence-electron chi connectivity index (χ3n) is 3.54. The quantitative estimate of drug-likeness (QED) is 0.859. The van der Waals surface area contributed by atoms with Gasteiger partial charge in [0.15, 0.2) is 0 Å². The molecule has 1 unspecified atom stereocenters. The van der Waals surface area contributed by atoms with Gasteiger partial charge in [-0.15, -0.1) is 11.3 Å². The molecule has 1 N–H and O–H groups in total. The van der Waals surface area contributed by atoms with Crippen LogP contribution in [-0.4, -0.2) is 12.3 Å². The first kappa shape index (κ1) is 14.5. The molecule has 1 atom stereocenters. The second-order valence-electron chi connectivity index (χ2n) is 4.94. The first-order valence-electron chi connectivity index (χ1n) is 6.96. The number of nitrogens with one attached hydrogen (secondary N) is 1. The Morgan fingerprint density at radius 1 is 1.30 bits per heavy atom. The number of rotatable bonds is 4. The maximum Gasteiger partial charge on any atom is 0.0671 e. The largest absolute Gasteiger partial charge is 0.306 e. The molecule has 106 valence electrons. The van der Waals surface area contributed by atoms with Crippen molar-refractivity contribution < 1.29 is 0 Å². The van der Waals surface area contributed by atoms with E-state index in [1.165, 1.54) is 33.9 Å². The van der Waals surface area contributed by atoms with Crippen LogP contribution in [0.4, 0.5) is 0 Å². The topological polar surface area (TPSA) is 12.0 Å². The zero-order valence-corrected chi connectivity index (χ0v) is 13.9. The summed E-state index contributed by atoms with van der Waals surface area (Å²) in [6.45, 7) is 3.12. The molecule has 2 heterocycles. The Kier molecular flexibility index (Phi) is 4.72. The summed E-state index contributed by atoms with van der Waals surface area (Å²) in [5.41, 5.74) is 2.83. The Labute approximate surface area is 133 Å². The molecule has 0 saturated heterocycles. The number of thioether (sulfide) groups is 1. The number of benzene rings is 1. The van der Waals surface area contributed by atoms with Gasteiger partial charge < -0.3 is 5.32 Å². The molecular weight excluding hydrogens is 306 g/mol. The Morgan fingerprint density at radius 3 is 2.80 bits per heavy atom. The minimum absolute atomic E-state index is 0.290. The average Bonchev–Trinajstić information content (AvgIpc) is 2.89. The van der Waals surface area contributed by atoms with Crippen molar-refractivity contribution in [1.29, 1.82) is 0 Å². The van der Waals surface area contributed by atoms with Gasteiger partial charge in [-0.25, -0.2) is 0 Å². The summed E-state index contributed by atoms with van der Waals surface area (Å²) in [6, 6.07) is 10.9. The van der Waals surface area contributed by atoms with E-state index in [0.29, 0.717) is 0 Å². The molecule has 0 saturated carbocycles. The summed E-state index contributed by atoms with van der Waals surface area (Å²) < 4.78 is 0. The van der Waals surface area contributed by atoms with Crippen LogP contribution in [0, 0.1) is 0 Å². The van der Waals surface area contributed by atoms with Crippen molar-refractivity contribution in [1.82, 2.24) is 5.32 Å². The van der Waals surface area contributed by atoms with E-state index in [1.807, 2.05) is 35.2 Å². The van der Waals surface area contributed by atoms with E-state index >= 15 is 0 Å². The summed E-state index contributed by atoms with van der Waals surface area (Å²) in [4.78, 5) is 3.01. The molecule has 0 radical (unpaired) electrons. The summed E-state index contributed by atoms with van der Waals surface area (Å²) in [6.07, 6.45) is 1.23. The number of halogens is 1. The molecule has 0 aliphatic carbocycles. The fourth-order valence-electron chi connectivity index (χ4n) is 2.55. The number of fused-ring (bicyclic) bond motifs is 1. The van der Waals surface area contributed by atoms with Crippen LogP contribution in [-0.2, 0) is 12.2 Å². The predicted molar refractivity (Wildman–Crippen MR) is 91.2 cm³/mol. The van der Waals surface area contributed by atoms with Crippen LogP contribution in [0.3, 0.4) is 0 Å². The van der Waals surface area contributed by atoms with Crippen molar-refractivity contribution in [3.63, 3.8) is 0 Å². The third-order valence-corrected chi connectivity index (χ3v) is 6.10. The van der Waals surface area contributed by atoms with Crippen LogP contribution in [0.15, 0.2) is 30.3 Å². The lowest BCUT2D eigenvalue weighted by Crippen LogP contribution is -2.20. The summed E-state index contributed by atoms with van der Waals surface area (Å²) in [5, 5.41) is 4.40. The molecule has 1 aliphatic rings. The van der Waals surface area contributed by atoms with E-state index in [0.717, 1.165) is 11.6 Å². The molecule has 0 fully saturated rings. The lowest BCUT2D eigenvalue weighted by atomic mass is 10.0. The van der Waals surface area contributed by atoms with Gasteiger partial charge in [0.2, 0.25) is 0 Å². The molecular formula is C16H18ClNS2. The number of thiophene rings is 1. The van der Waals surface area contributed by atoms with E-state index in [4.69, 9.17) is 11.6 Å². The Bertz CT molecular complexity index is 553. The Balaban J connectivity index is 1.93. The van der Waals surface area contributed by atoms with E-state index in [2.05, 4.69) is 30.4 Å². The fourth-order valence-corrected chi connectivity index (χ4v) is 5.16. The van der Waals surface area contributed by atoms with Gasteiger partial charge in [0, 0.05) is 20.5 Å². The number of hydrogen-bond donors (Lipinski definition) is 1. The van der Waals surface area contributed by atoms with Gasteiger partial charge in [-0.1, -0.05) is 30.7 Å². The maximum absolute atomic E-state index is 6.00. The molecule has 3 rings (SSSR count). The highest BCUT2D eigenvalue weighted by Gasteiger charge is 2.20. The maximum atomic E-state index is 6.00. The molecule has 4 heteroatoms. The van der Waals surface area contributed by atoms with Gasteiger partial charge in [0.25, 0.3) is 0 Å². The zero-order valence-electron chi connectivity index (χ0n) is 11.5. The average molecular weight is 324 g/mol. The fraction of sp³-hybridized carbons (Fsp3) is 0.375. The SMILES string of the molecule is CCNC(c1ccc(Cl)cc1)c1cc2c(s1)CCSC2. The highest BCUT2D eigenvalue weighted by atomic mass is 35.5. The van der Waals surface area contributed by atoms with Crippen LogP contribution < -0.4 is 5.32 Å². The first-order valence-corrected chi connectivity index (χ1v) is 9.31. The van der Waals surface area contributed by atoms with Gasteiger partial charge in [-0.2, -0.15) is 11.8 Å². The predicted octanol–water partition coefficient (Wildman–Crippen LogP) is 4.89. The zero-order chi connectivity index (χ0) is 13.9. The van der Waals surface area contributed by atoms with E-state index < -0.39 is 0 Å². The first-order chi connectivity index (χ1) is 9.78. The third kappa shape index (κ3) is 3.06. The number of hydrogen-bond acceptors (Lipinski definition) is 3. The van der Waals surface area contributed by atoms with Crippen molar-refractivity contribution >= 4 is 34.7 Å².